The van der Waals surface area contributed by atoms with Gasteiger partial charge in [-0.1, -0.05) is 6.58 Å². The van der Waals surface area contributed by atoms with E-state index in [0.29, 0.717) is 0 Å². The number of nitrogens with two attached hydrogens (primary N) is 1. The summed E-state index contributed by atoms with van der Waals surface area (Å²) in [5.41, 5.74) is 0. The lowest BCUT2D eigenvalue weighted by atomic mass is 10.7. The molecule has 0 saturated heterocycles. The van der Waals surface area contributed by atoms with Crippen molar-refractivity contribution in [2.75, 3.05) is 14.1 Å². The Morgan fingerprint density at radius 1 is 1.67 bits per heavy atom. The summed E-state index contributed by atoms with van der Waals surface area (Å²) < 4.78 is 0. The fourth-order valence-electron chi connectivity index (χ4n) is 0.327. The molecule has 0 aromatic rings. The molecule has 2 N–H and O–H groups in total. The second-order valence-electron chi connectivity index (χ2n) is 1.69. The summed E-state index contributed by atoms with van der Waals surface area (Å²) in [6, 6.07) is -0.287. The van der Waals surface area contributed by atoms with Crippen molar-refractivity contribution in [1.29, 1.82) is 0 Å². The van der Waals surface area contributed by atoms with Gasteiger partial charge < -0.3 is 4.90 Å². The average Bonchev–Trinajstić information content (AvgIpc) is 1.84. The lowest BCUT2D eigenvalue weighted by molar-refractivity contribution is 0.188. The first-order valence-corrected chi connectivity index (χ1v) is 2.47. The fraction of sp³-hybridized carbons (Fsp3) is 0.400. The maximum absolute atomic E-state index is 10.7. The van der Waals surface area contributed by atoms with Crippen LogP contribution in [-0.2, 0) is 0 Å². The summed E-state index contributed by atoms with van der Waals surface area (Å²) >= 11 is 0. The van der Waals surface area contributed by atoms with Crippen LogP contribution in [0.3, 0.4) is 0 Å². The standard InChI is InChI=1S/C5H11N3O/c1-4-7(2)5(9)8(3)6/h4H,1,6H2,2-3H3. The SMILES string of the molecule is C=CN(C)C(=O)N(C)N. The van der Waals surface area contributed by atoms with Crippen molar-refractivity contribution in [1.82, 2.24) is 9.91 Å². The highest BCUT2D eigenvalue weighted by atomic mass is 16.2. The summed E-state index contributed by atoms with van der Waals surface area (Å²) in [4.78, 5) is 12.0. The second kappa shape index (κ2) is 3.09. The molecule has 0 radical (unpaired) electrons. The Balaban J connectivity index is 3.87. The van der Waals surface area contributed by atoms with E-state index in [2.05, 4.69) is 6.58 Å². The number of urea groups is 1. The van der Waals surface area contributed by atoms with E-state index < -0.39 is 0 Å². The number of amides is 2. The normalized spacial score (nSPS) is 8.33. The van der Waals surface area contributed by atoms with Gasteiger partial charge in [-0.05, 0) is 0 Å². The Hall–Kier alpha value is -1.03. The van der Waals surface area contributed by atoms with Gasteiger partial charge in [0.15, 0.2) is 0 Å². The predicted octanol–water partition coefficient (Wildman–Crippen LogP) is -0.0128. The van der Waals surface area contributed by atoms with E-state index in [4.69, 9.17) is 5.84 Å². The van der Waals surface area contributed by atoms with E-state index in [1.54, 1.807) is 7.05 Å². The third kappa shape index (κ3) is 2.14. The minimum atomic E-state index is -0.287. The number of carbonyl (C=O) groups is 1. The molecule has 4 heteroatoms. The van der Waals surface area contributed by atoms with Crippen LogP contribution in [0.15, 0.2) is 12.8 Å². The molecule has 0 atom stereocenters. The molecular weight excluding hydrogens is 118 g/mol. The van der Waals surface area contributed by atoms with Gasteiger partial charge in [-0.3, -0.25) is 5.01 Å². The van der Waals surface area contributed by atoms with Crippen LogP contribution in [0, 0.1) is 0 Å². The van der Waals surface area contributed by atoms with Crippen molar-refractivity contribution >= 4 is 6.03 Å². The van der Waals surface area contributed by atoms with Crippen molar-refractivity contribution in [3.05, 3.63) is 12.8 Å². The minimum absolute atomic E-state index is 0.287. The van der Waals surface area contributed by atoms with Crippen LogP contribution in [0.1, 0.15) is 0 Å². The minimum Gasteiger partial charge on any atom is -0.304 e. The molecule has 0 rings (SSSR count). The number of hydrogen-bond acceptors (Lipinski definition) is 2. The molecule has 0 aromatic heterocycles. The van der Waals surface area contributed by atoms with Gasteiger partial charge in [0.05, 0.1) is 0 Å². The molecule has 0 heterocycles. The lowest BCUT2D eigenvalue weighted by Crippen LogP contribution is -2.40. The number of hydrogen-bond donors (Lipinski definition) is 1. The zero-order valence-corrected chi connectivity index (χ0v) is 5.66. The van der Waals surface area contributed by atoms with Crippen LogP contribution in [0.2, 0.25) is 0 Å². The van der Waals surface area contributed by atoms with E-state index in [1.165, 1.54) is 18.1 Å². The van der Waals surface area contributed by atoms with Crippen LogP contribution < -0.4 is 5.84 Å². The van der Waals surface area contributed by atoms with Crippen LogP contribution in [0.25, 0.3) is 0 Å². The van der Waals surface area contributed by atoms with Gasteiger partial charge in [-0.2, -0.15) is 0 Å². The fourth-order valence-corrected chi connectivity index (χ4v) is 0.327. The Morgan fingerprint density at radius 2 is 2.11 bits per heavy atom. The van der Waals surface area contributed by atoms with E-state index in [9.17, 15) is 4.79 Å². The average molecular weight is 129 g/mol. The van der Waals surface area contributed by atoms with Gasteiger partial charge in [-0.25, -0.2) is 10.6 Å². The van der Waals surface area contributed by atoms with Gasteiger partial charge >= 0.3 is 6.03 Å². The van der Waals surface area contributed by atoms with Crippen LogP contribution in [0.4, 0.5) is 4.79 Å². The van der Waals surface area contributed by atoms with Gasteiger partial charge in [0, 0.05) is 20.3 Å². The summed E-state index contributed by atoms with van der Waals surface area (Å²) in [6.07, 6.45) is 1.39. The summed E-state index contributed by atoms with van der Waals surface area (Å²) in [6.45, 7) is 3.39. The third-order valence-corrected chi connectivity index (χ3v) is 0.877. The Kier molecular flexibility index (Phi) is 2.73. The molecule has 0 fully saturated rings. The highest BCUT2D eigenvalue weighted by molar-refractivity contribution is 5.73. The molecule has 2 amide bonds. The van der Waals surface area contributed by atoms with Crippen LogP contribution in [0.5, 0.6) is 0 Å². The molecule has 4 nitrogen and oxygen atoms in total. The predicted molar refractivity (Wildman–Crippen MR) is 35.3 cm³/mol. The molecule has 0 saturated carbocycles. The maximum atomic E-state index is 10.7. The zero-order chi connectivity index (χ0) is 7.44. The molecule has 0 aliphatic rings. The van der Waals surface area contributed by atoms with Gasteiger partial charge in [0.1, 0.15) is 0 Å². The van der Waals surface area contributed by atoms with E-state index in [1.807, 2.05) is 0 Å². The maximum Gasteiger partial charge on any atom is 0.337 e. The Bertz CT molecular complexity index is 121. The summed E-state index contributed by atoms with van der Waals surface area (Å²) in [7, 11) is 3.06. The Morgan fingerprint density at radius 3 is 2.22 bits per heavy atom. The first-order valence-electron chi connectivity index (χ1n) is 2.47. The van der Waals surface area contributed by atoms with Crippen molar-refractivity contribution in [2.24, 2.45) is 5.84 Å². The van der Waals surface area contributed by atoms with Crippen molar-refractivity contribution in [3.8, 4) is 0 Å². The smallest absolute Gasteiger partial charge is 0.304 e. The van der Waals surface area contributed by atoms with Crippen molar-refractivity contribution in [2.45, 2.75) is 0 Å². The van der Waals surface area contributed by atoms with E-state index in [0.717, 1.165) is 5.01 Å². The van der Waals surface area contributed by atoms with Crippen LogP contribution in [-0.4, -0.2) is 30.0 Å². The molecule has 0 aromatic carbocycles. The van der Waals surface area contributed by atoms with E-state index in [-0.39, 0.29) is 6.03 Å². The first kappa shape index (κ1) is 7.97. The molecule has 0 spiro atoms. The summed E-state index contributed by atoms with van der Waals surface area (Å²) in [5.74, 6) is 5.11. The molecule has 0 unspecified atom stereocenters. The monoisotopic (exact) mass is 129 g/mol. The largest absolute Gasteiger partial charge is 0.337 e. The highest BCUT2D eigenvalue weighted by Crippen LogP contribution is 1.86. The molecule has 9 heavy (non-hydrogen) atoms. The van der Waals surface area contributed by atoms with Crippen molar-refractivity contribution in [3.63, 3.8) is 0 Å². The molecule has 0 aliphatic carbocycles. The van der Waals surface area contributed by atoms with Crippen molar-refractivity contribution < 1.29 is 4.79 Å². The Labute approximate surface area is 54.5 Å². The van der Waals surface area contributed by atoms with Gasteiger partial charge in [0.2, 0.25) is 0 Å². The molecule has 0 aliphatic heterocycles. The van der Waals surface area contributed by atoms with Gasteiger partial charge in [0.25, 0.3) is 0 Å². The topological polar surface area (TPSA) is 49.6 Å². The number of nitrogens with zero attached hydrogens (tertiary/aromatic N) is 2. The first-order chi connectivity index (χ1) is 4.09. The molecule has 52 valence electrons. The number of hydrazine groups is 1. The number of rotatable bonds is 1. The second-order valence-corrected chi connectivity index (χ2v) is 1.69. The summed E-state index contributed by atoms with van der Waals surface area (Å²) in [5, 5.41) is 0.988. The van der Waals surface area contributed by atoms with Crippen LogP contribution >= 0.6 is 0 Å². The third-order valence-electron chi connectivity index (χ3n) is 0.877. The van der Waals surface area contributed by atoms with Gasteiger partial charge in [-0.15, -0.1) is 0 Å². The zero-order valence-electron chi connectivity index (χ0n) is 5.66. The lowest BCUT2D eigenvalue weighted by Gasteiger charge is -2.16. The highest BCUT2D eigenvalue weighted by Gasteiger charge is 2.05. The quantitative estimate of drug-likeness (QED) is 0.307. The molecular formula is C5H11N3O. The molecule has 0 bridgehead atoms. The van der Waals surface area contributed by atoms with E-state index >= 15 is 0 Å². The number of carbonyl (C=O) groups excluding carboxylic acids is 1.